The lowest BCUT2D eigenvalue weighted by atomic mass is 10.1. The van der Waals surface area contributed by atoms with Crippen LogP contribution in [-0.4, -0.2) is 18.2 Å². The average molecular weight is 411 g/mol. The molecule has 1 amide bonds. The zero-order chi connectivity index (χ0) is 18.4. The summed E-state index contributed by atoms with van der Waals surface area (Å²) in [6.07, 6.45) is 1.52. The first-order valence-electron chi connectivity index (χ1n) is 8.41. The molecule has 5 heteroatoms. The van der Waals surface area contributed by atoms with Gasteiger partial charge in [-0.2, -0.15) is 5.10 Å². The summed E-state index contributed by atoms with van der Waals surface area (Å²) in [5.74, 6) is 0.359. The van der Waals surface area contributed by atoms with Gasteiger partial charge in [-0.15, -0.1) is 0 Å². The van der Waals surface area contributed by atoms with E-state index in [1.54, 1.807) is 6.21 Å². The Labute approximate surface area is 161 Å². The van der Waals surface area contributed by atoms with Crippen LogP contribution in [0.25, 0.3) is 10.8 Å². The van der Waals surface area contributed by atoms with Gasteiger partial charge >= 0.3 is 0 Å². The Kier molecular flexibility index (Phi) is 6.02. The van der Waals surface area contributed by atoms with Crippen molar-refractivity contribution in [3.8, 4) is 5.75 Å². The van der Waals surface area contributed by atoms with Crippen molar-refractivity contribution >= 4 is 38.8 Å². The smallest absolute Gasteiger partial charge is 0.281 e. The summed E-state index contributed by atoms with van der Waals surface area (Å²) in [6.45, 7) is 1.90. The Morgan fingerprint density at radius 3 is 2.62 bits per heavy atom. The first-order chi connectivity index (χ1) is 12.7. The molecule has 0 radical (unpaired) electrons. The van der Waals surface area contributed by atoms with Gasteiger partial charge in [-0.1, -0.05) is 67.6 Å². The highest BCUT2D eigenvalue weighted by Gasteiger charge is 2.19. The van der Waals surface area contributed by atoms with Gasteiger partial charge in [0.15, 0.2) is 6.10 Å². The molecular formula is C21H19BrN2O2. The zero-order valence-corrected chi connectivity index (χ0v) is 15.9. The molecular weight excluding hydrogens is 392 g/mol. The molecule has 0 aliphatic carbocycles. The summed E-state index contributed by atoms with van der Waals surface area (Å²) in [5.41, 5.74) is 3.47. The second-order valence-electron chi connectivity index (χ2n) is 5.76. The number of benzene rings is 3. The highest BCUT2D eigenvalue weighted by Crippen LogP contribution is 2.33. The maximum absolute atomic E-state index is 12.4. The fraction of sp³-hybridized carbons (Fsp3) is 0.143. The van der Waals surface area contributed by atoms with Crippen molar-refractivity contribution in [3.05, 3.63) is 76.8 Å². The topological polar surface area (TPSA) is 50.7 Å². The van der Waals surface area contributed by atoms with Crippen LogP contribution in [0.2, 0.25) is 0 Å². The number of hydrogen-bond acceptors (Lipinski definition) is 3. The first kappa shape index (κ1) is 18.1. The van der Waals surface area contributed by atoms with E-state index < -0.39 is 6.10 Å². The van der Waals surface area contributed by atoms with Gasteiger partial charge in [0.2, 0.25) is 0 Å². The minimum Gasteiger partial charge on any atom is -0.479 e. The number of amides is 1. The van der Waals surface area contributed by atoms with Crippen LogP contribution in [0.15, 0.2) is 76.3 Å². The molecule has 0 aromatic heterocycles. The molecule has 26 heavy (non-hydrogen) atoms. The third-order valence-corrected chi connectivity index (χ3v) is 4.77. The van der Waals surface area contributed by atoms with Crippen molar-refractivity contribution in [1.82, 2.24) is 5.43 Å². The monoisotopic (exact) mass is 410 g/mol. The standard InChI is InChI=1S/C21H19BrN2O2/c1-2-18(21(25)24-23-14-15-8-4-3-5-9-15)26-19-13-12-16-10-6-7-11-17(16)20(19)22/h3-14,18H,2H2,1H3,(H,24,25)/b23-14-/t18-/m1/s1. The number of hydrogen-bond donors (Lipinski definition) is 1. The zero-order valence-electron chi connectivity index (χ0n) is 14.4. The first-order valence-corrected chi connectivity index (χ1v) is 9.20. The van der Waals surface area contributed by atoms with Gasteiger partial charge in [-0.25, -0.2) is 5.43 Å². The largest absolute Gasteiger partial charge is 0.479 e. The van der Waals surface area contributed by atoms with Crippen LogP contribution in [0, 0.1) is 0 Å². The van der Waals surface area contributed by atoms with Gasteiger partial charge in [0.05, 0.1) is 10.7 Å². The third kappa shape index (κ3) is 4.29. The summed E-state index contributed by atoms with van der Waals surface area (Å²) >= 11 is 3.59. The van der Waals surface area contributed by atoms with E-state index in [2.05, 4.69) is 26.5 Å². The summed E-state index contributed by atoms with van der Waals surface area (Å²) in [5, 5.41) is 6.16. The van der Waals surface area contributed by atoms with E-state index in [4.69, 9.17) is 4.74 Å². The molecule has 0 spiro atoms. The van der Waals surface area contributed by atoms with Crippen molar-refractivity contribution in [2.45, 2.75) is 19.4 Å². The molecule has 0 fully saturated rings. The molecule has 0 aliphatic heterocycles. The maximum Gasteiger partial charge on any atom is 0.281 e. The molecule has 3 aromatic carbocycles. The van der Waals surface area contributed by atoms with Crippen molar-refractivity contribution < 1.29 is 9.53 Å². The number of nitrogens with one attached hydrogen (secondary N) is 1. The predicted octanol–water partition coefficient (Wildman–Crippen LogP) is 4.91. The lowest BCUT2D eigenvalue weighted by molar-refractivity contribution is -0.128. The minimum absolute atomic E-state index is 0.278. The third-order valence-electron chi connectivity index (χ3n) is 3.95. The quantitative estimate of drug-likeness (QED) is 0.463. The van der Waals surface area contributed by atoms with E-state index in [-0.39, 0.29) is 5.91 Å². The number of ether oxygens (including phenoxy) is 1. The number of hydrazone groups is 1. The van der Waals surface area contributed by atoms with Crippen LogP contribution in [0.1, 0.15) is 18.9 Å². The van der Waals surface area contributed by atoms with Crippen LogP contribution in [0.4, 0.5) is 0 Å². The SMILES string of the molecule is CC[C@@H](Oc1ccc2ccccc2c1Br)C(=O)N/N=C\c1ccccc1. The molecule has 0 aliphatic rings. The maximum atomic E-state index is 12.4. The van der Waals surface area contributed by atoms with Gasteiger partial charge in [0.1, 0.15) is 5.75 Å². The van der Waals surface area contributed by atoms with Crippen molar-refractivity contribution in [3.63, 3.8) is 0 Å². The van der Waals surface area contributed by atoms with E-state index in [9.17, 15) is 4.79 Å². The second-order valence-corrected chi connectivity index (χ2v) is 6.55. The van der Waals surface area contributed by atoms with Gasteiger partial charge < -0.3 is 4.74 Å². The van der Waals surface area contributed by atoms with E-state index in [1.807, 2.05) is 73.7 Å². The summed E-state index contributed by atoms with van der Waals surface area (Å²) in [6, 6.07) is 21.4. The van der Waals surface area contributed by atoms with Crippen molar-refractivity contribution in [1.29, 1.82) is 0 Å². The fourth-order valence-corrected chi connectivity index (χ4v) is 3.15. The Morgan fingerprint density at radius 2 is 1.85 bits per heavy atom. The number of carbonyl (C=O) groups is 1. The van der Waals surface area contributed by atoms with Gasteiger partial charge in [0, 0.05) is 0 Å². The average Bonchev–Trinajstić information content (AvgIpc) is 2.68. The normalized spacial score (nSPS) is 12.2. The molecule has 4 nitrogen and oxygen atoms in total. The molecule has 132 valence electrons. The molecule has 0 unspecified atom stereocenters. The molecule has 3 aromatic rings. The van der Waals surface area contributed by atoms with Crippen LogP contribution >= 0.6 is 15.9 Å². The number of fused-ring (bicyclic) bond motifs is 1. The molecule has 0 heterocycles. The van der Waals surface area contributed by atoms with Crippen LogP contribution in [0.5, 0.6) is 5.75 Å². The summed E-state index contributed by atoms with van der Waals surface area (Å²) in [4.78, 5) is 12.4. The number of halogens is 1. The lowest BCUT2D eigenvalue weighted by Gasteiger charge is -2.17. The van der Waals surface area contributed by atoms with Crippen LogP contribution in [0.3, 0.4) is 0 Å². The Hall–Kier alpha value is -2.66. The molecule has 0 saturated heterocycles. The van der Waals surface area contributed by atoms with Crippen LogP contribution in [-0.2, 0) is 4.79 Å². The summed E-state index contributed by atoms with van der Waals surface area (Å²) in [7, 11) is 0. The molecule has 1 atom stereocenters. The number of nitrogens with zero attached hydrogens (tertiary/aromatic N) is 1. The minimum atomic E-state index is -0.625. The highest BCUT2D eigenvalue weighted by molar-refractivity contribution is 9.10. The number of carbonyl (C=O) groups excluding carboxylic acids is 1. The van der Waals surface area contributed by atoms with Crippen molar-refractivity contribution in [2.75, 3.05) is 0 Å². The van der Waals surface area contributed by atoms with Crippen LogP contribution < -0.4 is 10.2 Å². The highest BCUT2D eigenvalue weighted by atomic mass is 79.9. The molecule has 3 rings (SSSR count). The number of rotatable bonds is 6. The van der Waals surface area contributed by atoms with Gasteiger partial charge in [-0.3, -0.25) is 4.79 Å². The predicted molar refractivity (Wildman–Crippen MR) is 109 cm³/mol. The second kappa shape index (κ2) is 8.63. The molecule has 0 saturated carbocycles. The van der Waals surface area contributed by atoms with E-state index in [0.29, 0.717) is 12.2 Å². The van der Waals surface area contributed by atoms with E-state index >= 15 is 0 Å². The Balaban J connectivity index is 1.70. The van der Waals surface area contributed by atoms with E-state index in [1.165, 1.54) is 0 Å². The fourth-order valence-electron chi connectivity index (χ4n) is 2.56. The molecule has 1 N–H and O–H groups in total. The van der Waals surface area contributed by atoms with E-state index in [0.717, 1.165) is 20.8 Å². The van der Waals surface area contributed by atoms with Gasteiger partial charge in [-0.05, 0) is 44.8 Å². The summed E-state index contributed by atoms with van der Waals surface area (Å²) < 4.78 is 6.78. The van der Waals surface area contributed by atoms with Gasteiger partial charge in [0.25, 0.3) is 5.91 Å². The molecule has 0 bridgehead atoms. The Bertz CT molecular complexity index is 926. The lowest BCUT2D eigenvalue weighted by Crippen LogP contribution is -2.35. The Morgan fingerprint density at radius 1 is 1.12 bits per heavy atom. The van der Waals surface area contributed by atoms with Crippen molar-refractivity contribution in [2.24, 2.45) is 5.10 Å².